The van der Waals surface area contributed by atoms with Crippen molar-refractivity contribution in [3.05, 3.63) is 58.2 Å². The summed E-state index contributed by atoms with van der Waals surface area (Å²) in [6.07, 6.45) is 1.55. The topological polar surface area (TPSA) is 77.1 Å². The first-order chi connectivity index (χ1) is 10.5. The first kappa shape index (κ1) is 14.1. The van der Waals surface area contributed by atoms with Crippen molar-refractivity contribution in [3.63, 3.8) is 0 Å². The Morgan fingerprint density at radius 2 is 2.14 bits per heavy atom. The van der Waals surface area contributed by atoms with Gasteiger partial charge < -0.3 is 9.73 Å². The molecule has 2 heterocycles. The van der Waals surface area contributed by atoms with Gasteiger partial charge in [-0.3, -0.25) is 4.79 Å². The summed E-state index contributed by atoms with van der Waals surface area (Å²) < 4.78 is 6.28. The van der Waals surface area contributed by atoms with Crippen LogP contribution in [0.5, 0.6) is 0 Å². The zero-order valence-corrected chi connectivity index (χ0v) is 12.3. The predicted octanol–water partition coefficient (Wildman–Crippen LogP) is 2.25. The third-order valence-electron chi connectivity index (χ3n) is 3.39. The van der Waals surface area contributed by atoms with Gasteiger partial charge in [-0.2, -0.15) is 0 Å². The Morgan fingerprint density at radius 1 is 1.32 bits per heavy atom. The van der Waals surface area contributed by atoms with E-state index < -0.39 is 5.76 Å². The van der Waals surface area contributed by atoms with Crippen LogP contribution in [0.1, 0.15) is 11.1 Å². The third kappa shape index (κ3) is 2.63. The second-order valence-electron chi connectivity index (χ2n) is 5.15. The number of carbonyl (C=O) groups excluding carboxylic acids is 1. The van der Waals surface area contributed by atoms with E-state index in [9.17, 15) is 9.59 Å². The highest BCUT2D eigenvalue weighted by Gasteiger charge is 2.14. The van der Waals surface area contributed by atoms with Gasteiger partial charge >= 0.3 is 5.76 Å². The minimum Gasteiger partial charge on any atom is -0.406 e. The Labute approximate surface area is 126 Å². The van der Waals surface area contributed by atoms with Gasteiger partial charge in [0.15, 0.2) is 11.2 Å². The third-order valence-corrected chi connectivity index (χ3v) is 3.39. The van der Waals surface area contributed by atoms with Crippen molar-refractivity contribution in [3.8, 4) is 0 Å². The lowest BCUT2D eigenvalue weighted by molar-refractivity contribution is -0.116. The Balaban J connectivity index is 1.86. The van der Waals surface area contributed by atoms with E-state index in [4.69, 9.17) is 4.42 Å². The van der Waals surface area contributed by atoms with Crippen LogP contribution in [0, 0.1) is 13.8 Å². The van der Waals surface area contributed by atoms with E-state index in [1.807, 2.05) is 32.0 Å². The lowest BCUT2D eigenvalue weighted by Gasteiger charge is -2.09. The summed E-state index contributed by atoms with van der Waals surface area (Å²) in [7, 11) is 0. The van der Waals surface area contributed by atoms with E-state index in [0.29, 0.717) is 11.2 Å². The molecule has 0 fully saturated rings. The number of pyridine rings is 1. The molecule has 6 heteroatoms. The van der Waals surface area contributed by atoms with Gasteiger partial charge in [0.25, 0.3) is 0 Å². The van der Waals surface area contributed by atoms with Gasteiger partial charge in [-0.1, -0.05) is 12.1 Å². The minimum atomic E-state index is -0.593. The molecule has 6 nitrogen and oxygen atoms in total. The van der Waals surface area contributed by atoms with Crippen LogP contribution in [0.25, 0.3) is 11.2 Å². The van der Waals surface area contributed by atoms with Gasteiger partial charge in [-0.15, -0.1) is 0 Å². The molecule has 0 radical (unpaired) electrons. The number of nitrogens with zero attached hydrogens (tertiary/aromatic N) is 2. The van der Waals surface area contributed by atoms with Gasteiger partial charge in [0.1, 0.15) is 6.54 Å². The molecule has 22 heavy (non-hydrogen) atoms. The molecule has 1 N–H and O–H groups in total. The summed E-state index contributed by atoms with van der Waals surface area (Å²) >= 11 is 0. The fourth-order valence-corrected chi connectivity index (χ4v) is 2.24. The van der Waals surface area contributed by atoms with Crippen LogP contribution in [0.15, 0.2) is 45.7 Å². The van der Waals surface area contributed by atoms with Crippen molar-refractivity contribution in [2.24, 2.45) is 0 Å². The van der Waals surface area contributed by atoms with Gasteiger partial charge in [0, 0.05) is 11.9 Å². The lowest BCUT2D eigenvalue weighted by Crippen LogP contribution is -2.25. The summed E-state index contributed by atoms with van der Waals surface area (Å²) in [4.78, 5) is 28.1. The highest BCUT2D eigenvalue weighted by molar-refractivity contribution is 5.92. The Hall–Kier alpha value is -2.89. The fourth-order valence-electron chi connectivity index (χ4n) is 2.24. The number of benzene rings is 1. The fraction of sp³-hybridized carbons (Fsp3) is 0.188. The van der Waals surface area contributed by atoms with Gasteiger partial charge in [-0.25, -0.2) is 14.3 Å². The largest absolute Gasteiger partial charge is 0.421 e. The Morgan fingerprint density at radius 3 is 2.95 bits per heavy atom. The average molecular weight is 297 g/mol. The number of fused-ring (bicyclic) bond motifs is 1. The molecule has 0 spiro atoms. The summed E-state index contributed by atoms with van der Waals surface area (Å²) in [5, 5.41) is 2.81. The maximum atomic E-state index is 12.2. The van der Waals surface area contributed by atoms with Crippen molar-refractivity contribution >= 4 is 22.8 Å². The summed E-state index contributed by atoms with van der Waals surface area (Å²) in [6.45, 7) is 3.72. The molecule has 0 atom stereocenters. The number of amides is 1. The number of rotatable bonds is 3. The van der Waals surface area contributed by atoms with E-state index in [1.165, 1.54) is 4.57 Å². The lowest BCUT2D eigenvalue weighted by atomic mass is 10.1. The minimum absolute atomic E-state index is 0.143. The van der Waals surface area contributed by atoms with Crippen molar-refractivity contribution in [1.82, 2.24) is 9.55 Å². The van der Waals surface area contributed by atoms with Crippen LogP contribution in [0.4, 0.5) is 5.69 Å². The second kappa shape index (κ2) is 5.48. The van der Waals surface area contributed by atoms with E-state index in [1.54, 1.807) is 18.3 Å². The van der Waals surface area contributed by atoms with Crippen LogP contribution in [-0.2, 0) is 11.3 Å². The average Bonchev–Trinajstić information content (AvgIpc) is 2.79. The molecule has 1 amide bonds. The molecular weight excluding hydrogens is 282 g/mol. The van der Waals surface area contributed by atoms with Crippen LogP contribution < -0.4 is 11.1 Å². The number of aromatic nitrogens is 2. The molecule has 0 unspecified atom stereocenters. The number of nitrogens with one attached hydrogen (secondary N) is 1. The quantitative estimate of drug-likeness (QED) is 0.804. The molecule has 0 aliphatic carbocycles. The molecule has 0 bridgehead atoms. The second-order valence-corrected chi connectivity index (χ2v) is 5.15. The van der Waals surface area contributed by atoms with E-state index in [0.717, 1.165) is 16.8 Å². The maximum absolute atomic E-state index is 12.2. The highest BCUT2D eigenvalue weighted by Crippen LogP contribution is 2.16. The number of hydrogen-bond acceptors (Lipinski definition) is 4. The van der Waals surface area contributed by atoms with Crippen LogP contribution in [0.3, 0.4) is 0 Å². The van der Waals surface area contributed by atoms with Crippen LogP contribution in [0.2, 0.25) is 0 Å². The Kier molecular flexibility index (Phi) is 3.50. The number of anilines is 1. The maximum Gasteiger partial charge on any atom is 0.421 e. The van der Waals surface area contributed by atoms with Crippen LogP contribution in [-0.4, -0.2) is 15.5 Å². The Bertz CT molecular complexity index is 908. The first-order valence-electron chi connectivity index (χ1n) is 6.86. The number of carbonyl (C=O) groups is 1. The number of oxazole rings is 1. The molecule has 0 aliphatic heterocycles. The summed E-state index contributed by atoms with van der Waals surface area (Å²) in [5.41, 5.74) is 3.48. The van der Waals surface area contributed by atoms with Gasteiger partial charge in [0.2, 0.25) is 5.91 Å². The zero-order valence-electron chi connectivity index (χ0n) is 12.3. The molecule has 3 rings (SSSR count). The molecule has 2 aromatic heterocycles. The van der Waals surface area contributed by atoms with Crippen molar-refractivity contribution in [2.45, 2.75) is 20.4 Å². The van der Waals surface area contributed by atoms with Gasteiger partial charge in [-0.05, 0) is 43.2 Å². The number of hydrogen-bond donors (Lipinski definition) is 1. The molecule has 0 aliphatic rings. The standard InChI is InChI=1S/C16H15N3O3/c1-10-5-6-11(2)12(8-10)18-14(20)9-19-15-13(22-16(19)21)4-3-7-17-15/h3-8H,9H2,1-2H3,(H,18,20). The van der Waals surface area contributed by atoms with E-state index in [-0.39, 0.29) is 12.5 Å². The van der Waals surface area contributed by atoms with Crippen molar-refractivity contribution in [2.75, 3.05) is 5.32 Å². The number of aryl methyl sites for hydroxylation is 2. The molecule has 0 saturated carbocycles. The molecule has 112 valence electrons. The SMILES string of the molecule is Cc1ccc(C)c(NC(=O)Cn2c(=O)oc3cccnc32)c1. The zero-order chi connectivity index (χ0) is 15.7. The normalized spacial score (nSPS) is 10.8. The highest BCUT2D eigenvalue weighted by atomic mass is 16.4. The predicted molar refractivity (Wildman–Crippen MR) is 82.8 cm³/mol. The van der Waals surface area contributed by atoms with Crippen molar-refractivity contribution < 1.29 is 9.21 Å². The summed E-state index contributed by atoms with van der Waals surface area (Å²) in [5.74, 6) is -0.894. The van der Waals surface area contributed by atoms with Crippen LogP contribution >= 0.6 is 0 Å². The summed E-state index contributed by atoms with van der Waals surface area (Å²) in [6, 6.07) is 9.12. The smallest absolute Gasteiger partial charge is 0.406 e. The van der Waals surface area contributed by atoms with E-state index in [2.05, 4.69) is 10.3 Å². The molecular formula is C16H15N3O3. The molecule has 1 aromatic carbocycles. The molecule has 0 saturated heterocycles. The van der Waals surface area contributed by atoms with E-state index >= 15 is 0 Å². The van der Waals surface area contributed by atoms with Gasteiger partial charge in [0.05, 0.1) is 0 Å². The monoisotopic (exact) mass is 297 g/mol. The molecule has 3 aromatic rings. The van der Waals surface area contributed by atoms with Crippen molar-refractivity contribution in [1.29, 1.82) is 0 Å². The first-order valence-corrected chi connectivity index (χ1v) is 6.86.